The first-order valence-electron chi connectivity index (χ1n) is 12.0. The first-order valence-corrected chi connectivity index (χ1v) is 12.0. The van der Waals surface area contributed by atoms with E-state index in [9.17, 15) is 9.59 Å². The van der Waals surface area contributed by atoms with Crippen LogP contribution in [0.3, 0.4) is 0 Å². The van der Waals surface area contributed by atoms with E-state index in [1.165, 1.54) is 19.3 Å². The van der Waals surface area contributed by atoms with Gasteiger partial charge in [0.2, 0.25) is 0 Å². The summed E-state index contributed by atoms with van der Waals surface area (Å²) in [5.74, 6) is 10.6. The average Bonchev–Trinajstić information content (AvgIpc) is 2.68. The molecule has 0 aliphatic heterocycles. The summed E-state index contributed by atoms with van der Waals surface area (Å²) in [6.45, 7) is 12.9. The van der Waals surface area contributed by atoms with Crippen molar-refractivity contribution in [2.24, 2.45) is 5.92 Å². The molecule has 1 rings (SSSR count). The maximum absolute atomic E-state index is 12.6. The number of ether oxygens (including phenoxy) is 2. The zero-order valence-electron chi connectivity index (χ0n) is 21.5. The molecule has 0 amide bonds. The van der Waals surface area contributed by atoms with Crippen LogP contribution in [0.2, 0.25) is 0 Å². The Morgan fingerprint density at radius 3 is 1.73 bits per heavy atom. The Hall–Kier alpha value is -2.72. The van der Waals surface area contributed by atoms with Gasteiger partial charge in [-0.25, -0.2) is 0 Å². The average molecular weight is 453 g/mol. The second-order valence-electron chi connectivity index (χ2n) is 10.1. The molecule has 180 valence electrons. The van der Waals surface area contributed by atoms with Gasteiger partial charge in [-0.15, -0.1) is 0 Å². The summed E-state index contributed by atoms with van der Waals surface area (Å²) in [7, 11) is 0. The highest BCUT2D eigenvalue weighted by Gasteiger charge is 2.34. The first-order chi connectivity index (χ1) is 15.4. The van der Waals surface area contributed by atoms with Gasteiger partial charge >= 0.3 is 11.9 Å². The highest BCUT2D eigenvalue weighted by atomic mass is 16.6. The lowest BCUT2D eigenvalue weighted by atomic mass is 10.0. The molecule has 0 aliphatic carbocycles. The van der Waals surface area contributed by atoms with Gasteiger partial charge < -0.3 is 9.47 Å². The van der Waals surface area contributed by atoms with E-state index >= 15 is 0 Å². The van der Waals surface area contributed by atoms with Crippen LogP contribution in [0.1, 0.15) is 105 Å². The predicted molar refractivity (Wildman–Crippen MR) is 133 cm³/mol. The minimum atomic E-state index is -1.00. The number of carbonyl (C=O) groups is 2. The van der Waals surface area contributed by atoms with Crippen molar-refractivity contribution in [1.82, 2.24) is 0 Å². The number of rotatable bonds is 8. The van der Waals surface area contributed by atoms with Gasteiger partial charge in [-0.3, -0.25) is 9.59 Å². The summed E-state index contributed by atoms with van der Waals surface area (Å²) in [6, 6.07) is 7.79. The van der Waals surface area contributed by atoms with Gasteiger partial charge in [-0.05, 0) is 66.5 Å². The molecule has 0 atom stereocenters. The van der Waals surface area contributed by atoms with Crippen LogP contribution in [-0.4, -0.2) is 23.1 Å². The molecule has 4 nitrogen and oxygen atoms in total. The third-order valence-electron chi connectivity index (χ3n) is 4.47. The fraction of sp³-hybridized carbons (Fsp3) is 0.586. The summed E-state index contributed by atoms with van der Waals surface area (Å²) in [5, 5.41) is 0. The molecule has 0 saturated carbocycles. The van der Waals surface area contributed by atoms with E-state index in [2.05, 4.69) is 30.6 Å². The Balaban J connectivity index is 2.86. The van der Waals surface area contributed by atoms with E-state index in [1.807, 2.05) is 24.3 Å². The maximum Gasteiger partial charge on any atom is 0.320 e. The van der Waals surface area contributed by atoms with Crippen LogP contribution in [-0.2, 0) is 19.1 Å². The molecule has 0 heterocycles. The second kappa shape index (κ2) is 13.7. The van der Waals surface area contributed by atoms with Crippen LogP contribution in [0.25, 0.3) is 0 Å². The Kier molecular flexibility index (Phi) is 11.8. The number of unbranched alkanes of at least 4 members (excludes halogenated alkanes) is 4. The second-order valence-corrected chi connectivity index (χ2v) is 10.1. The largest absolute Gasteiger partial charge is 0.459 e. The van der Waals surface area contributed by atoms with Gasteiger partial charge in [0, 0.05) is 24.0 Å². The highest BCUT2D eigenvalue weighted by Crippen LogP contribution is 2.20. The predicted octanol–water partition coefficient (Wildman–Crippen LogP) is 6.44. The third kappa shape index (κ3) is 12.8. The smallest absolute Gasteiger partial charge is 0.320 e. The van der Waals surface area contributed by atoms with Crippen molar-refractivity contribution in [1.29, 1.82) is 0 Å². The molecule has 0 unspecified atom stereocenters. The Labute approximate surface area is 200 Å². The third-order valence-corrected chi connectivity index (χ3v) is 4.47. The van der Waals surface area contributed by atoms with E-state index in [0.717, 1.165) is 24.0 Å². The van der Waals surface area contributed by atoms with Crippen LogP contribution in [0.15, 0.2) is 24.3 Å². The monoisotopic (exact) mass is 452 g/mol. The number of hydrogen-bond donors (Lipinski definition) is 0. The van der Waals surface area contributed by atoms with Gasteiger partial charge in [0.25, 0.3) is 0 Å². The summed E-state index contributed by atoms with van der Waals surface area (Å²) in [4.78, 5) is 25.3. The van der Waals surface area contributed by atoms with E-state index < -0.39 is 29.1 Å². The lowest BCUT2D eigenvalue weighted by molar-refractivity contribution is -0.174. The summed E-state index contributed by atoms with van der Waals surface area (Å²) < 4.78 is 10.9. The Bertz CT molecular complexity index is 864. The molecule has 0 spiro atoms. The van der Waals surface area contributed by atoms with Gasteiger partial charge in [0.05, 0.1) is 0 Å². The van der Waals surface area contributed by atoms with E-state index in [1.54, 1.807) is 41.5 Å². The molecule has 0 radical (unpaired) electrons. The lowest BCUT2D eigenvalue weighted by Crippen LogP contribution is -2.36. The van der Waals surface area contributed by atoms with Crippen LogP contribution in [0.5, 0.6) is 0 Å². The zero-order valence-corrected chi connectivity index (χ0v) is 21.5. The molecule has 0 saturated heterocycles. The quantitative estimate of drug-likeness (QED) is 0.197. The molecule has 0 aliphatic rings. The summed E-state index contributed by atoms with van der Waals surface area (Å²) >= 11 is 0. The standard InChI is InChI=1S/C29H40O4/c1-8-9-10-11-12-13-18-23-19-14-15-20-24(23)21-16-17-22-25(26(30)32-28(2,3)4)27(31)33-29(5,6)7/h14-15,19-20,25H,8-12,17,22H2,1-7H3. The maximum atomic E-state index is 12.6. The number of carbonyl (C=O) groups excluding carboxylic acids is 2. The molecule has 1 aromatic carbocycles. The van der Waals surface area contributed by atoms with Crippen LogP contribution >= 0.6 is 0 Å². The van der Waals surface area contributed by atoms with Gasteiger partial charge in [0.15, 0.2) is 5.92 Å². The summed E-state index contributed by atoms with van der Waals surface area (Å²) in [6.07, 6.45) is 6.28. The minimum absolute atomic E-state index is 0.238. The van der Waals surface area contributed by atoms with Crippen molar-refractivity contribution in [2.75, 3.05) is 0 Å². The zero-order chi connectivity index (χ0) is 24.9. The van der Waals surface area contributed by atoms with Crippen LogP contribution in [0, 0.1) is 29.6 Å². The van der Waals surface area contributed by atoms with E-state index in [-0.39, 0.29) is 6.42 Å². The normalized spacial score (nSPS) is 11.2. The Morgan fingerprint density at radius 1 is 0.788 bits per heavy atom. The number of esters is 2. The van der Waals surface area contributed by atoms with E-state index in [4.69, 9.17) is 9.47 Å². The van der Waals surface area contributed by atoms with E-state index in [0.29, 0.717) is 6.42 Å². The van der Waals surface area contributed by atoms with Crippen molar-refractivity contribution in [2.45, 2.75) is 105 Å². The highest BCUT2D eigenvalue weighted by molar-refractivity contribution is 5.95. The van der Waals surface area contributed by atoms with Crippen molar-refractivity contribution in [3.63, 3.8) is 0 Å². The fourth-order valence-corrected chi connectivity index (χ4v) is 2.95. The number of benzene rings is 1. The first kappa shape index (κ1) is 28.3. The lowest BCUT2D eigenvalue weighted by Gasteiger charge is -2.26. The van der Waals surface area contributed by atoms with Crippen LogP contribution < -0.4 is 0 Å². The van der Waals surface area contributed by atoms with Gasteiger partial charge in [-0.2, -0.15) is 0 Å². The molecule has 0 N–H and O–H groups in total. The number of hydrogen-bond acceptors (Lipinski definition) is 4. The molecule has 0 aromatic heterocycles. The van der Waals surface area contributed by atoms with Crippen molar-refractivity contribution in [3.8, 4) is 23.7 Å². The van der Waals surface area contributed by atoms with Gasteiger partial charge in [-0.1, -0.05) is 62.0 Å². The van der Waals surface area contributed by atoms with Crippen molar-refractivity contribution >= 4 is 11.9 Å². The SMILES string of the molecule is CCCCCCC#Cc1ccccc1C#CCCC(C(=O)OC(C)(C)C)C(=O)OC(C)(C)C. The fourth-order valence-electron chi connectivity index (χ4n) is 2.95. The Morgan fingerprint density at radius 2 is 1.27 bits per heavy atom. The molecule has 33 heavy (non-hydrogen) atoms. The molecule has 1 aromatic rings. The topological polar surface area (TPSA) is 52.6 Å². The minimum Gasteiger partial charge on any atom is -0.459 e. The van der Waals surface area contributed by atoms with Crippen molar-refractivity contribution < 1.29 is 19.1 Å². The molecule has 0 bridgehead atoms. The molecular formula is C29H40O4. The van der Waals surface area contributed by atoms with Crippen molar-refractivity contribution in [3.05, 3.63) is 35.4 Å². The molecule has 4 heteroatoms. The summed E-state index contributed by atoms with van der Waals surface area (Å²) in [5.41, 5.74) is 0.384. The molecular weight excluding hydrogens is 412 g/mol. The van der Waals surface area contributed by atoms with Gasteiger partial charge in [0.1, 0.15) is 11.2 Å². The van der Waals surface area contributed by atoms with Crippen LogP contribution in [0.4, 0.5) is 0 Å². The molecule has 0 fully saturated rings.